The molecule has 0 aliphatic rings. The van der Waals surface area contributed by atoms with Crippen LogP contribution in [0.5, 0.6) is 0 Å². The van der Waals surface area contributed by atoms with Crippen molar-refractivity contribution in [1.29, 1.82) is 0 Å². The Labute approximate surface area is 75.3 Å². The summed E-state index contributed by atoms with van der Waals surface area (Å²) >= 11 is 0. The normalized spacial score (nSPS) is 12.7. The third kappa shape index (κ3) is 1.57. The zero-order valence-electron chi connectivity index (χ0n) is 6.88. The summed E-state index contributed by atoms with van der Waals surface area (Å²) in [6.45, 7) is 0. The summed E-state index contributed by atoms with van der Waals surface area (Å²) < 4.78 is 0. The number of hydrogen-bond donors (Lipinski definition) is 2. The summed E-state index contributed by atoms with van der Waals surface area (Å²) in [6, 6.07) is 3.61. The number of aromatic nitrogens is 3. The lowest BCUT2D eigenvalue weighted by Crippen LogP contribution is -1.97. The molecule has 4 heteroatoms. The van der Waals surface area contributed by atoms with Crippen LogP contribution in [0, 0.1) is 0 Å². The molecule has 0 aliphatic heterocycles. The number of rotatable bonds is 2. The Morgan fingerprint density at radius 1 is 1.31 bits per heavy atom. The third-order valence-electron chi connectivity index (χ3n) is 1.84. The molecule has 1 atom stereocenters. The van der Waals surface area contributed by atoms with Gasteiger partial charge in [-0.15, -0.1) is 0 Å². The molecule has 0 saturated carbocycles. The lowest BCUT2D eigenvalue weighted by molar-refractivity contribution is 0.220. The number of aliphatic hydroxyl groups is 1. The molecule has 0 bridgehead atoms. The van der Waals surface area contributed by atoms with Gasteiger partial charge in [-0.25, -0.2) is 0 Å². The van der Waals surface area contributed by atoms with Crippen LogP contribution in [-0.2, 0) is 0 Å². The van der Waals surface area contributed by atoms with Crippen molar-refractivity contribution in [1.82, 2.24) is 15.2 Å². The lowest BCUT2D eigenvalue weighted by Gasteiger charge is -2.06. The van der Waals surface area contributed by atoms with E-state index >= 15 is 0 Å². The molecule has 0 aliphatic carbocycles. The van der Waals surface area contributed by atoms with Crippen LogP contribution in [0.2, 0.25) is 0 Å². The van der Waals surface area contributed by atoms with Crippen LogP contribution in [0.3, 0.4) is 0 Å². The van der Waals surface area contributed by atoms with Crippen LogP contribution in [0.15, 0.2) is 36.9 Å². The van der Waals surface area contributed by atoms with Gasteiger partial charge < -0.3 is 5.11 Å². The molecular formula is C9H9N3O. The first-order valence-electron chi connectivity index (χ1n) is 3.94. The summed E-state index contributed by atoms with van der Waals surface area (Å²) in [4.78, 5) is 3.93. The van der Waals surface area contributed by atoms with Gasteiger partial charge in [0.15, 0.2) is 0 Å². The van der Waals surface area contributed by atoms with Crippen molar-refractivity contribution in [2.45, 2.75) is 6.10 Å². The molecule has 2 rings (SSSR count). The number of nitrogens with one attached hydrogen (secondary N) is 1. The van der Waals surface area contributed by atoms with Crippen molar-refractivity contribution >= 4 is 0 Å². The van der Waals surface area contributed by atoms with Crippen LogP contribution >= 0.6 is 0 Å². The number of nitrogens with zero attached hydrogens (tertiary/aromatic N) is 2. The SMILES string of the molecule is OC(c1cccnc1)c1cn[nH]c1. The van der Waals surface area contributed by atoms with Crippen LogP contribution in [0.1, 0.15) is 17.2 Å². The smallest absolute Gasteiger partial charge is 0.109 e. The number of H-pyrrole nitrogens is 1. The van der Waals surface area contributed by atoms with Gasteiger partial charge in [0.25, 0.3) is 0 Å². The Kier molecular flexibility index (Phi) is 2.06. The first kappa shape index (κ1) is 7.94. The van der Waals surface area contributed by atoms with Gasteiger partial charge in [-0.3, -0.25) is 10.1 Å². The Morgan fingerprint density at radius 3 is 2.85 bits per heavy atom. The van der Waals surface area contributed by atoms with Crippen molar-refractivity contribution in [3.8, 4) is 0 Å². The molecule has 1 unspecified atom stereocenters. The maximum Gasteiger partial charge on any atom is 0.109 e. The maximum atomic E-state index is 9.78. The minimum atomic E-state index is -0.646. The molecule has 0 saturated heterocycles. The van der Waals surface area contributed by atoms with E-state index in [0.717, 1.165) is 11.1 Å². The van der Waals surface area contributed by atoms with Crippen molar-refractivity contribution in [3.05, 3.63) is 48.0 Å². The van der Waals surface area contributed by atoms with Crippen molar-refractivity contribution < 1.29 is 5.11 Å². The topological polar surface area (TPSA) is 61.8 Å². The highest BCUT2D eigenvalue weighted by atomic mass is 16.3. The lowest BCUT2D eigenvalue weighted by atomic mass is 10.1. The Bertz CT molecular complexity index is 358. The summed E-state index contributed by atoms with van der Waals surface area (Å²) in [5, 5.41) is 16.2. The zero-order valence-corrected chi connectivity index (χ0v) is 6.88. The second kappa shape index (κ2) is 3.37. The van der Waals surface area contributed by atoms with E-state index in [1.165, 1.54) is 0 Å². The average Bonchev–Trinajstić information content (AvgIpc) is 2.71. The molecule has 66 valence electrons. The summed E-state index contributed by atoms with van der Waals surface area (Å²) in [5.74, 6) is 0. The van der Waals surface area contributed by atoms with Crippen LogP contribution in [0.4, 0.5) is 0 Å². The van der Waals surface area contributed by atoms with Gasteiger partial charge >= 0.3 is 0 Å². The fourth-order valence-electron chi connectivity index (χ4n) is 1.14. The predicted octanol–water partition coefficient (Wildman–Crippen LogP) is 0.886. The molecule has 2 aromatic rings. The van der Waals surface area contributed by atoms with Crippen LogP contribution in [0.25, 0.3) is 0 Å². The predicted molar refractivity (Wildman–Crippen MR) is 46.9 cm³/mol. The fraction of sp³-hybridized carbons (Fsp3) is 0.111. The highest BCUT2D eigenvalue weighted by molar-refractivity contribution is 5.23. The summed E-state index contributed by atoms with van der Waals surface area (Å²) in [5.41, 5.74) is 1.51. The third-order valence-corrected chi connectivity index (χ3v) is 1.84. The molecule has 0 spiro atoms. The Balaban J connectivity index is 2.29. The minimum Gasteiger partial charge on any atom is -0.383 e. The zero-order chi connectivity index (χ0) is 9.10. The largest absolute Gasteiger partial charge is 0.383 e. The van der Waals surface area contributed by atoms with Crippen molar-refractivity contribution in [2.24, 2.45) is 0 Å². The van der Waals surface area contributed by atoms with E-state index in [1.807, 2.05) is 6.07 Å². The second-order valence-corrected chi connectivity index (χ2v) is 2.72. The van der Waals surface area contributed by atoms with E-state index in [-0.39, 0.29) is 0 Å². The van der Waals surface area contributed by atoms with E-state index in [4.69, 9.17) is 0 Å². The van der Waals surface area contributed by atoms with Crippen molar-refractivity contribution in [3.63, 3.8) is 0 Å². The number of pyridine rings is 1. The summed E-state index contributed by atoms with van der Waals surface area (Å²) in [7, 11) is 0. The summed E-state index contributed by atoms with van der Waals surface area (Å²) in [6.07, 6.45) is 5.92. The number of aromatic amines is 1. The molecule has 0 amide bonds. The molecule has 0 radical (unpaired) electrons. The van der Waals surface area contributed by atoms with Crippen LogP contribution < -0.4 is 0 Å². The van der Waals surface area contributed by atoms with Gasteiger partial charge in [0.2, 0.25) is 0 Å². The molecular weight excluding hydrogens is 166 g/mol. The highest BCUT2D eigenvalue weighted by Crippen LogP contribution is 2.18. The van der Waals surface area contributed by atoms with Gasteiger partial charge in [0, 0.05) is 29.7 Å². The molecule has 0 fully saturated rings. The quantitative estimate of drug-likeness (QED) is 0.712. The molecule has 13 heavy (non-hydrogen) atoms. The molecule has 2 N–H and O–H groups in total. The Hall–Kier alpha value is -1.68. The maximum absolute atomic E-state index is 9.78. The van der Waals surface area contributed by atoms with E-state index < -0.39 is 6.10 Å². The molecule has 4 nitrogen and oxygen atoms in total. The van der Waals surface area contributed by atoms with E-state index in [9.17, 15) is 5.11 Å². The van der Waals surface area contributed by atoms with Gasteiger partial charge in [0.1, 0.15) is 6.10 Å². The first-order chi connectivity index (χ1) is 6.38. The van der Waals surface area contributed by atoms with Gasteiger partial charge in [-0.1, -0.05) is 6.07 Å². The monoisotopic (exact) mass is 175 g/mol. The van der Waals surface area contributed by atoms with Gasteiger partial charge in [0.05, 0.1) is 6.20 Å². The average molecular weight is 175 g/mol. The molecule has 0 aromatic carbocycles. The standard InChI is InChI=1S/C9H9N3O/c13-9(8-5-11-12-6-8)7-2-1-3-10-4-7/h1-6,9,13H,(H,11,12). The first-order valence-corrected chi connectivity index (χ1v) is 3.94. The van der Waals surface area contributed by atoms with E-state index in [1.54, 1.807) is 30.9 Å². The van der Waals surface area contributed by atoms with Crippen molar-refractivity contribution in [2.75, 3.05) is 0 Å². The fourth-order valence-corrected chi connectivity index (χ4v) is 1.14. The van der Waals surface area contributed by atoms with E-state index in [0.29, 0.717) is 0 Å². The second-order valence-electron chi connectivity index (χ2n) is 2.72. The van der Waals surface area contributed by atoms with Gasteiger partial charge in [-0.2, -0.15) is 5.10 Å². The highest BCUT2D eigenvalue weighted by Gasteiger charge is 2.10. The molecule has 2 heterocycles. The van der Waals surface area contributed by atoms with Crippen LogP contribution in [-0.4, -0.2) is 20.3 Å². The van der Waals surface area contributed by atoms with E-state index in [2.05, 4.69) is 15.2 Å². The number of hydrogen-bond acceptors (Lipinski definition) is 3. The molecule has 2 aromatic heterocycles. The minimum absolute atomic E-state index is 0.646. The Morgan fingerprint density at radius 2 is 2.23 bits per heavy atom. The van der Waals surface area contributed by atoms with Gasteiger partial charge in [-0.05, 0) is 6.07 Å². The number of aliphatic hydroxyl groups excluding tert-OH is 1.